The number of allylic oxidation sites excluding steroid dienone is 1. The second kappa shape index (κ2) is 5.30. The van der Waals surface area contributed by atoms with Crippen molar-refractivity contribution in [2.24, 2.45) is 0 Å². The molecule has 1 aromatic rings. The van der Waals surface area contributed by atoms with E-state index in [1.165, 1.54) is 6.07 Å². The van der Waals surface area contributed by atoms with Gasteiger partial charge in [-0.25, -0.2) is 0 Å². The van der Waals surface area contributed by atoms with Crippen LogP contribution in [0.15, 0.2) is 30.9 Å². The first kappa shape index (κ1) is 12.2. The van der Waals surface area contributed by atoms with Crippen LogP contribution in [0.5, 0.6) is 5.75 Å². The maximum Gasteiger partial charge on any atom is 0.311 e. The van der Waals surface area contributed by atoms with E-state index in [0.29, 0.717) is 17.9 Å². The van der Waals surface area contributed by atoms with Crippen molar-refractivity contribution < 1.29 is 9.66 Å². The maximum absolute atomic E-state index is 10.9. The molecule has 0 fully saturated rings. The summed E-state index contributed by atoms with van der Waals surface area (Å²) < 4.78 is 5.34. The van der Waals surface area contributed by atoms with Gasteiger partial charge in [0, 0.05) is 17.5 Å². The van der Waals surface area contributed by atoms with Crippen molar-refractivity contribution in [3.05, 3.63) is 52.4 Å². The number of ether oxygens (including phenoxy) is 1. The van der Waals surface area contributed by atoms with Crippen molar-refractivity contribution >= 4 is 5.69 Å². The van der Waals surface area contributed by atoms with Gasteiger partial charge in [0.25, 0.3) is 0 Å². The number of benzene rings is 1. The van der Waals surface area contributed by atoms with Gasteiger partial charge in [-0.2, -0.15) is 0 Å². The molecule has 0 aliphatic heterocycles. The normalized spacial score (nSPS) is 10.2. The highest BCUT2D eigenvalue weighted by Crippen LogP contribution is 2.35. The van der Waals surface area contributed by atoms with Crippen LogP contribution >= 0.6 is 0 Å². The number of rotatable bonds is 5. The topological polar surface area (TPSA) is 52.4 Å². The molecule has 1 rings (SSSR count). The zero-order chi connectivity index (χ0) is 12.1. The summed E-state index contributed by atoms with van der Waals surface area (Å²) in [6, 6.07) is 4.86. The van der Waals surface area contributed by atoms with Gasteiger partial charge < -0.3 is 4.74 Å². The van der Waals surface area contributed by atoms with Crippen LogP contribution in [-0.2, 0) is 0 Å². The minimum Gasteiger partial charge on any atom is -0.487 e. The Morgan fingerprint density at radius 2 is 2.31 bits per heavy atom. The molecule has 16 heavy (non-hydrogen) atoms. The molecule has 0 bridgehead atoms. The third-order valence-corrected chi connectivity index (χ3v) is 2.21. The minimum atomic E-state index is -0.440. The molecule has 1 aromatic carbocycles. The second-order valence-corrected chi connectivity index (χ2v) is 3.23. The Morgan fingerprint density at radius 1 is 1.62 bits per heavy atom. The quantitative estimate of drug-likeness (QED) is 0.565. The summed E-state index contributed by atoms with van der Waals surface area (Å²) in [5.74, 6) is 1.17. The number of nitrogens with zero attached hydrogens (tertiary/aromatic N) is 1. The van der Waals surface area contributed by atoms with E-state index in [0.717, 1.165) is 5.92 Å². The molecule has 4 nitrogen and oxygen atoms in total. The molecule has 0 aliphatic rings. The third-order valence-electron chi connectivity index (χ3n) is 2.21. The van der Waals surface area contributed by atoms with Crippen molar-refractivity contribution in [3.63, 3.8) is 0 Å². The standard InChI is InChI=1S/C12H14NO3/c1-4-9(3)10-7-6-8-11(13(14)15)12(10)16-5-2/h4,6-8H,1,5H2,2-3H3. The van der Waals surface area contributed by atoms with Gasteiger partial charge in [0.1, 0.15) is 0 Å². The van der Waals surface area contributed by atoms with Crippen LogP contribution < -0.4 is 4.74 Å². The smallest absolute Gasteiger partial charge is 0.311 e. The largest absolute Gasteiger partial charge is 0.487 e. The molecule has 0 unspecified atom stereocenters. The number of hydrogen-bond acceptors (Lipinski definition) is 3. The Kier molecular flexibility index (Phi) is 4.05. The van der Waals surface area contributed by atoms with E-state index >= 15 is 0 Å². The molecule has 0 spiro atoms. The number of para-hydroxylation sites is 1. The van der Waals surface area contributed by atoms with Crippen molar-refractivity contribution in [1.82, 2.24) is 0 Å². The monoisotopic (exact) mass is 220 g/mol. The average molecular weight is 220 g/mol. The van der Waals surface area contributed by atoms with E-state index in [1.807, 2.05) is 6.92 Å². The summed E-state index contributed by atoms with van der Waals surface area (Å²) in [5.41, 5.74) is 0.701. The Labute approximate surface area is 94.7 Å². The van der Waals surface area contributed by atoms with Gasteiger partial charge in [-0.3, -0.25) is 10.1 Å². The van der Waals surface area contributed by atoms with E-state index in [4.69, 9.17) is 4.74 Å². The molecule has 85 valence electrons. The van der Waals surface area contributed by atoms with Crippen LogP contribution in [-0.4, -0.2) is 11.5 Å². The van der Waals surface area contributed by atoms with E-state index in [9.17, 15) is 10.1 Å². The Hall–Kier alpha value is -1.84. The van der Waals surface area contributed by atoms with Crippen LogP contribution in [0.2, 0.25) is 0 Å². The molecule has 0 atom stereocenters. The van der Waals surface area contributed by atoms with Gasteiger partial charge in [-0.05, 0) is 6.92 Å². The first-order valence-electron chi connectivity index (χ1n) is 4.98. The van der Waals surface area contributed by atoms with Crippen molar-refractivity contribution in [2.45, 2.75) is 13.8 Å². The average Bonchev–Trinajstić information content (AvgIpc) is 2.28. The fraction of sp³-hybridized carbons (Fsp3) is 0.250. The summed E-state index contributed by atoms with van der Waals surface area (Å²) in [6.45, 7) is 7.68. The highest BCUT2D eigenvalue weighted by atomic mass is 16.6. The second-order valence-electron chi connectivity index (χ2n) is 3.23. The highest BCUT2D eigenvalue weighted by Gasteiger charge is 2.20. The molecule has 0 heterocycles. The molecule has 0 aliphatic carbocycles. The van der Waals surface area contributed by atoms with E-state index in [1.54, 1.807) is 25.1 Å². The summed E-state index contributed by atoms with van der Waals surface area (Å²) in [7, 11) is 0. The van der Waals surface area contributed by atoms with Crippen LogP contribution in [0.25, 0.3) is 0 Å². The molecule has 1 radical (unpaired) electrons. The molecule has 0 amide bonds. The molecule has 4 heteroatoms. The Balaban J connectivity index is 3.31. The number of nitro groups is 1. The van der Waals surface area contributed by atoms with Gasteiger partial charge in [0.05, 0.1) is 11.5 Å². The lowest BCUT2D eigenvalue weighted by Crippen LogP contribution is -2.03. The fourth-order valence-corrected chi connectivity index (χ4v) is 1.39. The Bertz CT molecular complexity index is 401. The predicted molar refractivity (Wildman–Crippen MR) is 62.5 cm³/mol. The SMILES string of the molecule is C=C[C](C)c1cccc([N+](=O)[O-])c1OCC. The molecular weight excluding hydrogens is 206 g/mol. The molecule has 0 N–H and O–H groups in total. The van der Waals surface area contributed by atoms with E-state index in [2.05, 4.69) is 6.58 Å². The van der Waals surface area contributed by atoms with E-state index in [-0.39, 0.29) is 5.69 Å². The van der Waals surface area contributed by atoms with Crippen LogP contribution in [0, 0.1) is 16.0 Å². The van der Waals surface area contributed by atoms with Gasteiger partial charge in [0.15, 0.2) is 0 Å². The lowest BCUT2D eigenvalue weighted by molar-refractivity contribution is -0.385. The van der Waals surface area contributed by atoms with Gasteiger partial charge in [-0.15, -0.1) is 6.58 Å². The summed E-state index contributed by atoms with van der Waals surface area (Å²) in [4.78, 5) is 10.4. The van der Waals surface area contributed by atoms with Crippen LogP contribution in [0.3, 0.4) is 0 Å². The van der Waals surface area contributed by atoms with Crippen LogP contribution in [0.4, 0.5) is 5.69 Å². The first-order valence-corrected chi connectivity index (χ1v) is 4.98. The number of hydrogen-bond donors (Lipinski definition) is 0. The third kappa shape index (κ3) is 2.39. The lowest BCUT2D eigenvalue weighted by atomic mass is 9.99. The van der Waals surface area contributed by atoms with Gasteiger partial charge in [-0.1, -0.05) is 25.1 Å². The van der Waals surface area contributed by atoms with Gasteiger partial charge in [0.2, 0.25) is 5.75 Å². The van der Waals surface area contributed by atoms with Crippen molar-refractivity contribution in [3.8, 4) is 5.75 Å². The predicted octanol–water partition coefficient (Wildman–Crippen LogP) is 3.12. The minimum absolute atomic E-state index is 0.0134. The Morgan fingerprint density at radius 3 is 2.81 bits per heavy atom. The maximum atomic E-state index is 10.9. The van der Waals surface area contributed by atoms with Crippen molar-refractivity contribution in [1.29, 1.82) is 0 Å². The molecular formula is C12H14NO3. The van der Waals surface area contributed by atoms with E-state index < -0.39 is 4.92 Å². The van der Waals surface area contributed by atoms with Crippen molar-refractivity contribution in [2.75, 3.05) is 6.61 Å². The number of nitro benzene ring substituents is 1. The molecule has 0 saturated heterocycles. The fourth-order valence-electron chi connectivity index (χ4n) is 1.39. The first-order chi connectivity index (χ1) is 7.61. The van der Waals surface area contributed by atoms with Gasteiger partial charge >= 0.3 is 5.69 Å². The summed E-state index contributed by atoms with van der Waals surface area (Å²) >= 11 is 0. The summed E-state index contributed by atoms with van der Waals surface area (Å²) in [5, 5.41) is 10.9. The zero-order valence-corrected chi connectivity index (χ0v) is 9.40. The molecule has 0 aromatic heterocycles. The summed E-state index contributed by atoms with van der Waals surface area (Å²) in [6.07, 6.45) is 1.65. The molecule has 0 saturated carbocycles. The lowest BCUT2D eigenvalue weighted by Gasteiger charge is -2.12. The zero-order valence-electron chi connectivity index (χ0n) is 9.40. The highest BCUT2D eigenvalue weighted by molar-refractivity contribution is 5.57. The van der Waals surface area contributed by atoms with Crippen LogP contribution in [0.1, 0.15) is 19.4 Å².